The van der Waals surface area contributed by atoms with Crippen LogP contribution in [0.25, 0.3) is 32.6 Å². The molecule has 0 saturated carbocycles. The Kier molecular flexibility index (Phi) is 10.6. The predicted octanol–water partition coefficient (Wildman–Crippen LogP) is 9.28. The van der Waals surface area contributed by atoms with E-state index in [2.05, 4.69) is 72.1 Å². The number of rotatable bonds is 6. The highest BCUT2D eigenvalue weighted by molar-refractivity contribution is 7.17. The zero-order chi connectivity index (χ0) is 34.3. The summed E-state index contributed by atoms with van der Waals surface area (Å²) in [5, 5.41) is 5.72. The van der Waals surface area contributed by atoms with Gasteiger partial charge in [0.2, 0.25) is 11.8 Å². The van der Waals surface area contributed by atoms with Crippen LogP contribution in [0, 0.1) is 0 Å². The van der Waals surface area contributed by atoms with Gasteiger partial charge in [0.1, 0.15) is 0 Å². The van der Waals surface area contributed by atoms with E-state index in [0.29, 0.717) is 0 Å². The summed E-state index contributed by atoms with van der Waals surface area (Å²) in [6, 6.07) is 19.3. The molecule has 6 rings (SSSR count). The number of pyridine rings is 2. The molecule has 0 unspecified atom stereocenters. The first-order valence-electron chi connectivity index (χ1n) is 15.4. The molecule has 8 nitrogen and oxygen atoms in total. The number of carbonyl (C=O) groups is 2. The Morgan fingerprint density at radius 1 is 0.583 bits per heavy atom. The number of aromatic nitrogens is 4. The fourth-order valence-corrected chi connectivity index (χ4v) is 5.91. The molecule has 244 valence electrons. The van der Waals surface area contributed by atoms with Gasteiger partial charge >= 0.3 is 0 Å². The van der Waals surface area contributed by atoms with Crippen LogP contribution < -0.4 is 10.6 Å². The van der Waals surface area contributed by atoms with Gasteiger partial charge in [-0.15, -0.1) is 22.7 Å². The van der Waals surface area contributed by atoms with Gasteiger partial charge in [-0.1, -0.05) is 53.7 Å². The van der Waals surface area contributed by atoms with Crippen LogP contribution in [0.1, 0.15) is 64.1 Å². The molecule has 0 spiro atoms. The van der Waals surface area contributed by atoms with E-state index in [1.54, 1.807) is 58.2 Å². The van der Waals surface area contributed by atoms with Crippen LogP contribution in [-0.2, 0) is 20.4 Å². The molecule has 0 aliphatic rings. The molecule has 0 fully saturated rings. The molecular weight excluding hydrogens is 637 g/mol. The summed E-state index contributed by atoms with van der Waals surface area (Å²) in [5.74, 6) is -0.336. The fourth-order valence-electron chi connectivity index (χ4n) is 4.47. The Morgan fingerprint density at radius 3 is 1.35 bits per heavy atom. The van der Waals surface area contributed by atoms with Gasteiger partial charge in [0.05, 0.1) is 31.5 Å². The highest BCUT2D eigenvalue weighted by Crippen LogP contribution is 2.24. The number of nitrogens with zero attached hydrogens (tertiary/aromatic N) is 4. The van der Waals surface area contributed by atoms with Gasteiger partial charge in [0, 0.05) is 58.1 Å². The van der Waals surface area contributed by atoms with Crippen molar-refractivity contribution in [2.24, 2.45) is 0 Å². The highest BCUT2D eigenvalue weighted by Gasteiger charge is 2.15. The van der Waals surface area contributed by atoms with E-state index >= 15 is 0 Å². The molecule has 4 aromatic heterocycles. The summed E-state index contributed by atoms with van der Waals surface area (Å²) in [6.07, 6.45) is 10.1. The Labute approximate surface area is 288 Å². The fraction of sp³-hybridized carbons (Fsp3) is 0.211. The van der Waals surface area contributed by atoms with Crippen LogP contribution >= 0.6 is 22.7 Å². The molecule has 0 radical (unpaired) electrons. The average Bonchev–Trinajstić information content (AvgIpc) is 3.72. The summed E-state index contributed by atoms with van der Waals surface area (Å²) in [7, 11) is 0. The van der Waals surface area contributed by atoms with Gasteiger partial charge in [0.15, 0.2) is 0 Å². The molecule has 2 amide bonds. The van der Waals surface area contributed by atoms with E-state index in [-0.39, 0.29) is 22.6 Å². The summed E-state index contributed by atoms with van der Waals surface area (Å²) in [5.41, 5.74) is 10.9. The third-order valence-electron chi connectivity index (χ3n) is 7.16. The van der Waals surface area contributed by atoms with E-state index in [4.69, 9.17) is 0 Å². The molecule has 0 aliphatic heterocycles. The van der Waals surface area contributed by atoms with Gasteiger partial charge in [-0.3, -0.25) is 19.6 Å². The van der Waals surface area contributed by atoms with E-state index in [1.807, 2.05) is 60.7 Å². The highest BCUT2D eigenvalue weighted by atomic mass is 32.1. The molecule has 2 aromatic carbocycles. The van der Waals surface area contributed by atoms with Crippen molar-refractivity contribution in [2.75, 3.05) is 10.6 Å². The zero-order valence-electron chi connectivity index (χ0n) is 27.8. The number of amides is 2. The maximum Gasteiger partial charge on any atom is 0.248 e. The first kappa shape index (κ1) is 34.3. The molecule has 4 heterocycles. The lowest BCUT2D eigenvalue weighted by Crippen LogP contribution is -2.13. The molecule has 0 aliphatic carbocycles. The molecule has 48 heavy (non-hydrogen) atoms. The number of hydrogen-bond donors (Lipinski definition) is 2. The Balaban J connectivity index is 0.000000188. The molecular formula is C38H38N6O2S2. The van der Waals surface area contributed by atoms with Crippen molar-refractivity contribution in [1.82, 2.24) is 19.9 Å². The van der Waals surface area contributed by atoms with Crippen LogP contribution in [0.15, 0.2) is 96.2 Å². The van der Waals surface area contributed by atoms with E-state index < -0.39 is 0 Å². The molecule has 0 saturated heterocycles. The number of carbonyl (C=O) groups excluding carboxylic acids is 2. The summed E-state index contributed by atoms with van der Waals surface area (Å²) < 4.78 is 2.11. The smallest absolute Gasteiger partial charge is 0.248 e. The van der Waals surface area contributed by atoms with E-state index in [9.17, 15) is 9.59 Å². The molecule has 0 bridgehead atoms. The van der Waals surface area contributed by atoms with Crippen molar-refractivity contribution in [3.63, 3.8) is 0 Å². The van der Waals surface area contributed by atoms with Gasteiger partial charge in [0.25, 0.3) is 0 Å². The average molecular weight is 675 g/mol. The van der Waals surface area contributed by atoms with Crippen LogP contribution in [0.4, 0.5) is 11.4 Å². The summed E-state index contributed by atoms with van der Waals surface area (Å²) >= 11 is 3.11. The second-order valence-electron chi connectivity index (χ2n) is 13.2. The number of thiazole rings is 2. The standard InChI is InChI=1S/2C19H19N3OS/c2*1-19(2,3)17-8-4-13(11-20-17)5-9-18(23)22-14-6-7-15-16(10-14)24-12-21-15/h2*4-12H,1-3H3,(H,22,23)/b2*9-5+. The lowest BCUT2D eigenvalue weighted by molar-refractivity contribution is -0.112. The number of fused-ring (bicyclic) bond motifs is 2. The van der Waals surface area contributed by atoms with E-state index in [0.717, 1.165) is 54.3 Å². The van der Waals surface area contributed by atoms with Crippen LogP contribution in [0.3, 0.4) is 0 Å². The van der Waals surface area contributed by atoms with Crippen molar-refractivity contribution in [2.45, 2.75) is 52.4 Å². The Morgan fingerprint density at radius 2 is 1.00 bits per heavy atom. The zero-order valence-corrected chi connectivity index (χ0v) is 29.4. The van der Waals surface area contributed by atoms with Gasteiger partial charge < -0.3 is 10.6 Å². The van der Waals surface area contributed by atoms with Crippen molar-refractivity contribution in [1.29, 1.82) is 0 Å². The van der Waals surface area contributed by atoms with Gasteiger partial charge in [-0.05, 0) is 71.8 Å². The lowest BCUT2D eigenvalue weighted by Gasteiger charge is -2.17. The lowest BCUT2D eigenvalue weighted by atomic mass is 9.91. The van der Waals surface area contributed by atoms with Crippen molar-refractivity contribution < 1.29 is 9.59 Å². The van der Waals surface area contributed by atoms with Gasteiger partial charge in [-0.2, -0.15) is 0 Å². The maximum absolute atomic E-state index is 12.1. The van der Waals surface area contributed by atoms with Crippen molar-refractivity contribution >= 4 is 78.4 Å². The van der Waals surface area contributed by atoms with Crippen LogP contribution in [-0.4, -0.2) is 31.8 Å². The van der Waals surface area contributed by atoms with Crippen LogP contribution in [0.2, 0.25) is 0 Å². The minimum absolute atomic E-state index is 0.0227. The van der Waals surface area contributed by atoms with Crippen LogP contribution in [0.5, 0.6) is 0 Å². The largest absolute Gasteiger partial charge is 0.322 e. The molecule has 6 aromatic rings. The number of anilines is 2. The molecule has 10 heteroatoms. The molecule has 0 atom stereocenters. The topological polar surface area (TPSA) is 110 Å². The van der Waals surface area contributed by atoms with Crippen molar-refractivity contribution in [3.05, 3.63) is 119 Å². The maximum atomic E-state index is 12.1. The number of benzene rings is 2. The minimum Gasteiger partial charge on any atom is -0.322 e. The predicted molar refractivity (Wildman–Crippen MR) is 200 cm³/mol. The summed E-state index contributed by atoms with van der Waals surface area (Å²) in [4.78, 5) is 41.5. The van der Waals surface area contributed by atoms with E-state index in [1.165, 1.54) is 12.2 Å². The minimum atomic E-state index is -0.168. The van der Waals surface area contributed by atoms with Crippen molar-refractivity contribution in [3.8, 4) is 0 Å². The Hall–Kier alpha value is -5.06. The monoisotopic (exact) mass is 674 g/mol. The third kappa shape index (κ3) is 9.49. The second kappa shape index (κ2) is 14.8. The third-order valence-corrected chi connectivity index (χ3v) is 8.74. The first-order valence-corrected chi connectivity index (χ1v) is 17.2. The normalized spacial score (nSPS) is 12.0. The molecule has 2 N–H and O–H groups in total. The Bertz CT molecular complexity index is 1930. The van der Waals surface area contributed by atoms with Gasteiger partial charge in [-0.25, -0.2) is 9.97 Å². The quantitative estimate of drug-likeness (QED) is 0.171. The second-order valence-corrected chi connectivity index (χ2v) is 14.9. The first-order chi connectivity index (χ1) is 22.8. The summed E-state index contributed by atoms with van der Waals surface area (Å²) in [6.45, 7) is 12.7. The number of hydrogen-bond acceptors (Lipinski definition) is 8. The number of nitrogens with one attached hydrogen (secondary N) is 2. The SMILES string of the molecule is CC(C)(C)c1ccc(/C=C/C(=O)Nc2ccc3ncsc3c2)cn1.CC(C)(C)c1ccc(/C=C/C(=O)Nc2ccc3ncsc3c2)cn1.